The zero-order valence-electron chi connectivity index (χ0n) is 12.6. The van der Waals surface area contributed by atoms with E-state index in [0.29, 0.717) is 11.5 Å². The summed E-state index contributed by atoms with van der Waals surface area (Å²) in [6.07, 6.45) is 0. The molecular formula is C18H15N5. The number of nitrogens with two attached hydrogens (primary N) is 1. The number of fused-ring (bicyclic) bond motifs is 1. The monoisotopic (exact) mass is 301 g/mol. The van der Waals surface area contributed by atoms with E-state index >= 15 is 0 Å². The van der Waals surface area contributed by atoms with Gasteiger partial charge in [0.25, 0.3) is 0 Å². The van der Waals surface area contributed by atoms with Crippen molar-refractivity contribution < 1.29 is 0 Å². The maximum atomic E-state index is 6.13. The maximum Gasteiger partial charge on any atom is 0.205 e. The molecule has 0 bridgehead atoms. The molecule has 0 spiro atoms. The molecule has 0 aliphatic rings. The quantitative estimate of drug-likeness (QED) is 0.593. The van der Waals surface area contributed by atoms with Crippen LogP contribution in [0.25, 0.3) is 33.4 Å². The van der Waals surface area contributed by atoms with Crippen LogP contribution in [-0.2, 0) is 0 Å². The summed E-state index contributed by atoms with van der Waals surface area (Å²) >= 11 is 0. The second-order valence-electron chi connectivity index (χ2n) is 5.44. The molecular weight excluding hydrogens is 286 g/mol. The van der Waals surface area contributed by atoms with Gasteiger partial charge >= 0.3 is 0 Å². The van der Waals surface area contributed by atoms with Gasteiger partial charge in [-0.15, -0.1) is 10.2 Å². The summed E-state index contributed by atoms with van der Waals surface area (Å²) in [4.78, 5) is 0. The van der Waals surface area contributed by atoms with Crippen LogP contribution in [0.1, 0.15) is 5.56 Å². The van der Waals surface area contributed by atoms with Crippen LogP contribution in [0.5, 0.6) is 0 Å². The Kier molecular flexibility index (Phi) is 3.05. The second kappa shape index (κ2) is 5.21. The predicted octanol–water partition coefficient (Wildman–Crippen LogP) is 3.58. The lowest BCUT2D eigenvalue weighted by Gasteiger charge is -2.12. The molecule has 0 amide bonds. The number of hydrogen-bond donors (Lipinski definition) is 2. The molecule has 4 rings (SSSR count). The van der Waals surface area contributed by atoms with Gasteiger partial charge in [0, 0.05) is 11.1 Å². The summed E-state index contributed by atoms with van der Waals surface area (Å²) in [5, 5.41) is 16.4. The maximum absolute atomic E-state index is 6.13. The van der Waals surface area contributed by atoms with Gasteiger partial charge in [-0.3, -0.25) is 5.10 Å². The van der Waals surface area contributed by atoms with Gasteiger partial charge in [0.05, 0.1) is 5.39 Å². The van der Waals surface area contributed by atoms with Gasteiger partial charge in [-0.05, 0) is 18.1 Å². The highest BCUT2D eigenvalue weighted by Gasteiger charge is 2.19. The SMILES string of the molecule is Cc1ccccc1-c1c(-c2ccccc2)nnc2n[nH]c(N)c12. The number of H-pyrrole nitrogens is 1. The zero-order chi connectivity index (χ0) is 15.8. The van der Waals surface area contributed by atoms with E-state index in [-0.39, 0.29) is 0 Å². The van der Waals surface area contributed by atoms with E-state index in [4.69, 9.17) is 5.73 Å². The van der Waals surface area contributed by atoms with Gasteiger partial charge in [0.2, 0.25) is 5.65 Å². The molecule has 0 saturated carbocycles. The minimum absolute atomic E-state index is 0.505. The zero-order valence-corrected chi connectivity index (χ0v) is 12.6. The first-order valence-electron chi connectivity index (χ1n) is 7.37. The van der Waals surface area contributed by atoms with Gasteiger partial charge in [0.1, 0.15) is 11.5 Å². The molecule has 5 nitrogen and oxygen atoms in total. The van der Waals surface area contributed by atoms with Crippen LogP contribution in [0, 0.1) is 6.92 Å². The molecule has 0 radical (unpaired) electrons. The number of rotatable bonds is 2. The molecule has 5 heteroatoms. The van der Waals surface area contributed by atoms with Crippen molar-refractivity contribution in [1.82, 2.24) is 20.4 Å². The fourth-order valence-electron chi connectivity index (χ4n) is 2.84. The van der Waals surface area contributed by atoms with E-state index < -0.39 is 0 Å². The summed E-state index contributed by atoms with van der Waals surface area (Å²) in [5.74, 6) is 0.505. The summed E-state index contributed by atoms with van der Waals surface area (Å²) in [6.45, 7) is 2.08. The molecule has 0 aliphatic carbocycles. The van der Waals surface area contributed by atoms with Crippen molar-refractivity contribution in [3.63, 3.8) is 0 Å². The Morgan fingerprint density at radius 1 is 0.913 bits per heavy atom. The van der Waals surface area contributed by atoms with E-state index in [1.165, 1.54) is 0 Å². The summed E-state index contributed by atoms with van der Waals surface area (Å²) in [5.41, 5.74) is 11.7. The minimum Gasteiger partial charge on any atom is -0.383 e. The largest absolute Gasteiger partial charge is 0.383 e. The van der Waals surface area contributed by atoms with Crippen LogP contribution >= 0.6 is 0 Å². The van der Waals surface area contributed by atoms with Crippen molar-refractivity contribution in [1.29, 1.82) is 0 Å². The molecule has 0 atom stereocenters. The minimum atomic E-state index is 0.505. The third kappa shape index (κ3) is 2.14. The first-order valence-corrected chi connectivity index (χ1v) is 7.37. The van der Waals surface area contributed by atoms with E-state index in [0.717, 1.165) is 33.3 Å². The third-order valence-electron chi connectivity index (χ3n) is 3.97. The Hall–Kier alpha value is -3.21. The first-order chi connectivity index (χ1) is 11.3. The van der Waals surface area contributed by atoms with Gasteiger partial charge < -0.3 is 5.73 Å². The van der Waals surface area contributed by atoms with Crippen molar-refractivity contribution in [3.8, 4) is 22.4 Å². The standard InChI is InChI=1S/C18H15N5/c1-11-7-5-6-10-13(11)14-15-17(19)21-23-18(15)22-20-16(14)12-8-3-2-4-9-12/h2-10H,1H3,(H3,19,21,22,23). The lowest BCUT2D eigenvalue weighted by Crippen LogP contribution is -1.97. The fraction of sp³-hybridized carbons (Fsp3) is 0.0556. The smallest absolute Gasteiger partial charge is 0.205 e. The number of nitrogen functional groups attached to an aromatic ring is 1. The molecule has 2 heterocycles. The van der Waals surface area contributed by atoms with Gasteiger partial charge in [-0.25, -0.2) is 0 Å². The lowest BCUT2D eigenvalue weighted by atomic mass is 9.94. The van der Waals surface area contributed by atoms with Gasteiger partial charge in [-0.2, -0.15) is 5.10 Å². The highest BCUT2D eigenvalue weighted by Crippen LogP contribution is 2.38. The second-order valence-corrected chi connectivity index (χ2v) is 5.44. The van der Waals surface area contributed by atoms with E-state index in [2.05, 4.69) is 39.5 Å². The number of aromatic amines is 1. The predicted molar refractivity (Wildman–Crippen MR) is 91.7 cm³/mol. The number of hydrogen-bond acceptors (Lipinski definition) is 4. The number of anilines is 1. The highest BCUT2D eigenvalue weighted by molar-refractivity contribution is 6.05. The van der Waals surface area contributed by atoms with Gasteiger partial charge in [0.15, 0.2) is 0 Å². The number of nitrogens with one attached hydrogen (secondary N) is 1. The van der Waals surface area contributed by atoms with Crippen LogP contribution in [-0.4, -0.2) is 20.4 Å². The van der Waals surface area contributed by atoms with Crippen molar-refractivity contribution in [2.24, 2.45) is 0 Å². The van der Waals surface area contributed by atoms with E-state index in [1.807, 2.05) is 42.5 Å². The molecule has 2 aromatic heterocycles. The fourth-order valence-corrected chi connectivity index (χ4v) is 2.84. The van der Waals surface area contributed by atoms with Crippen molar-refractivity contribution in [2.75, 3.05) is 5.73 Å². The molecule has 112 valence electrons. The molecule has 3 N–H and O–H groups in total. The molecule has 0 fully saturated rings. The van der Waals surface area contributed by atoms with E-state index in [1.54, 1.807) is 0 Å². The molecule has 2 aromatic carbocycles. The van der Waals surface area contributed by atoms with Gasteiger partial charge in [-0.1, -0.05) is 54.6 Å². The summed E-state index contributed by atoms with van der Waals surface area (Å²) < 4.78 is 0. The average molecular weight is 301 g/mol. The Labute approximate surface area is 133 Å². The first kappa shape index (κ1) is 13.5. The molecule has 4 aromatic rings. The lowest BCUT2D eigenvalue weighted by molar-refractivity contribution is 1.03. The van der Waals surface area contributed by atoms with Crippen LogP contribution in [0.3, 0.4) is 0 Å². The van der Waals surface area contributed by atoms with Crippen LogP contribution in [0.2, 0.25) is 0 Å². The molecule has 0 aliphatic heterocycles. The van der Waals surface area contributed by atoms with Crippen molar-refractivity contribution >= 4 is 16.9 Å². The Bertz CT molecular complexity index is 989. The summed E-state index contributed by atoms with van der Waals surface area (Å²) in [6, 6.07) is 18.2. The number of nitrogens with zero attached hydrogens (tertiary/aromatic N) is 3. The summed E-state index contributed by atoms with van der Waals surface area (Å²) in [7, 11) is 0. The number of aromatic nitrogens is 4. The van der Waals surface area contributed by atoms with Crippen LogP contribution in [0.4, 0.5) is 5.82 Å². The molecule has 0 unspecified atom stereocenters. The normalized spacial score (nSPS) is 11.0. The Morgan fingerprint density at radius 2 is 1.65 bits per heavy atom. The average Bonchev–Trinajstić information content (AvgIpc) is 2.97. The molecule has 23 heavy (non-hydrogen) atoms. The number of benzene rings is 2. The topological polar surface area (TPSA) is 80.5 Å². The van der Waals surface area contributed by atoms with Crippen LogP contribution in [0.15, 0.2) is 54.6 Å². The molecule has 0 saturated heterocycles. The Balaban J connectivity index is 2.14. The highest BCUT2D eigenvalue weighted by atomic mass is 15.2. The van der Waals surface area contributed by atoms with Crippen LogP contribution < -0.4 is 5.73 Å². The van der Waals surface area contributed by atoms with Crippen molar-refractivity contribution in [3.05, 3.63) is 60.2 Å². The Morgan fingerprint density at radius 3 is 2.43 bits per heavy atom. The van der Waals surface area contributed by atoms with Crippen molar-refractivity contribution in [2.45, 2.75) is 6.92 Å². The number of aryl methyl sites for hydroxylation is 1. The van der Waals surface area contributed by atoms with E-state index in [9.17, 15) is 0 Å². The third-order valence-corrected chi connectivity index (χ3v) is 3.97.